The van der Waals surface area contributed by atoms with E-state index in [1.165, 1.54) is 28.4 Å². The topological polar surface area (TPSA) is 163 Å². The first-order chi connectivity index (χ1) is 30.8. The maximum absolute atomic E-state index is 14.7. The van der Waals surface area contributed by atoms with E-state index in [1.807, 2.05) is 84.9 Å². The Balaban J connectivity index is 0.000000289. The van der Waals surface area contributed by atoms with Crippen molar-refractivity contribution in [2.45, 2.75) is 82.6 Å². The molecule has 66 heavy (non-hydrogen) atoms. The second-order valence-corrected chi connectivity index (χ2v) is 22.5. The van der Waals surface area contributed by atoms with Gasteiger partial charge in [-0.1, -0.05) is 90.1 Å². The molecule has 0 heterocycles. The lowest BCUT2D eigenvalue weighted by atomic mass is 9.62. The van der Waals surface area contributed by atoms with Crippen LogP contribution < -0.4 is 18.9 Å². The highest BCUT2D eigenvalue weighted by Gasteiger charge is 2.48. The van der Waals surface area contributed by atoms with Crippen LogP contribution >= 0.6 is 15.5 Å². The molecule has 0 aliphatic heterocycles. The fraction of sp³-hybridized carbons (Fsp3) is 0.396. The zero-order valence-corrected chi connectivity index (χ0v) is 42.8. The Morgan fingerprint density at radius 2 is 1.02 bits per heavy atom. The van der Waals surface area contributed by atoms with Crippen LogP contribution in [-0.2, 0) is 4.57 Å². The summed E-state index contributed by atoms with van der Waals surface area (Å²) in [5.74, 6) is -0.388. The number of hydrogen-bond acceptors (Lipinski definition) is 11. The molecule has 0 aromatic heterocycles. The molecule has 0 saturated carbocycles. The Labute approximate surface area is 391 Å². The van der Waals surface area contributed by atoms with E-state index in [-0.39, 0.29) is 68.5 Å². The summed E-state index contributed by atoms with van der Waals surface area (Å²) in [7, 11) is -1.09. The Kier molecular flexibility index (Phi) is 17.5. The van der Waals surface area contributed by atoms with Gasteiger partial charge in [-0.25, -0.2) is 0 Å². The average molecular weight is 941 g/mol. The van der Waals surface area contributed by atoms with Gasteiger partial charge >= 0.3 is 0 Å². The summed E-state index contributed by atoms with van der Waals surface area (Å²) < 4.78 is 36.2. The number of ether oxygens (including phenoxy) is 4. The van der Waals surface area contributed by atoms with Crippen molar-refractivity contribution in [3.63, 3.8) is 0 Å². The lowest BCUT2D eigenvalue weighted by molar-refractivity contribution is 0.0847. The molecule has 2 N–H and O–H groups in total. The number of carbonyl (C=O) groups is 4. The molecule has 0 radical (unpaired) electrons. The van der Waals surface area contributed by atoms with E-state index in [1.54, 1.807) is 49.4 Å². The predicted octanol–water partition coefficient (Wildman–Crippen LogP) is 12.3. The summed E-state index contributed by atoms with van der Waals surface area (Å²) in [6, 6.07) is 21.0. The first-order valence-electron chi connectivity index (χ1n) is 21.8. The van der Waals surface area contributed by atoms with Crippen molar-refractivity contribution in [1.29, 1.82) is 0 Å². The molecule has 1 aliphatic carbocycles. The minimum absolute atomic E-state index is 0.0130. The highest BCUT2D eigenvalue weighted by Crippen LogP contribution is 2.58. The molecule has 2 unspecified atom stereocenters. The Bertz CT molecular complexity index is 2450. The molecule has 0 saturated heterocycles. The first kappa shape index (κ1) is 53.4. The summed E-state index contributed by atoms with van der Waals surface area (Å²) in [5.41, 5.74) is 3.15. The van der Waals surface area contributed by atoms with Crippen LogP contribution in [0.2, 0.25) is 0 Å². The molecule has 0 spiro atoms. The van der Waals surface area contributed by atoms with E-state index in [9.17, 15) is 33.5 Å². The van der Waals surface area contributed by atoms with Crippen molar-refractivity contribution < 1.29 is 52.5 Å². The van der Waals surface area contributed by atoms with E-state index in [4.69, 9.17) is 18.9 Å². The molecular formula is C53H66O11P2. The largest absolute Gasteiger partial charge is 0.496 e. The number of Topliss-reactive ketones (excluding diaryl/α,β-unsaturated/α-hetero) is 2. The summed E-state index contributed by atoms with van der Waals surface area (Å²) in [5, 5.41) is 0.276. The van der Waals surface area contributed by atoms with Gasteiger partial charge in [0.25, 0.3) is 0 Å². The van der Waals surface area contributed by atoms with Crippen molar-refractivity contribution >= 4 is 38.1 Å². The molecule has 1 aliphatic rings. The zero-order valence-electron chi connectivity index (χ0n) is 41.0. The number of carbonyl (C=O) groups excluding carboxylic acids is 4. The summed E-state index contributed by atoms with van der Waals surface area (Å²) in [6.45, 7) is 21.2. The van der Waals surface area contributed by atoms with Gasteiger partial charge in [0.15, 0.2) is 19.9 Å². The Morgan fingerprint density at radius 3 is 1.36 bits per heavy atom. The third kappa shape index (κ3) is 11.1. The minimum Gasteiger partial charge on any atom is -0.496 e. The number of benzene rings is 4. The van der Waals surface area contributed by atoms with Crippen molar-refractivity contribution in [2.24, 2.45) is 22.7 Å². The Morgan fingerprint density at radius 1 is 0.652 bits per heavy atom. The van der Waals surface area contributed by atoms with Crippen molar-refractivity contribution in [3.8, 4) is 23.0 Å². The van der Waals surface area contributed by atoms with E-state index in [2.05, 4.69) is 20.8 Å². The van der Waals surface area contributed by atoms with Crippen LogP contribution in [0, 0.1) is 50.4 Å². The SMILES string of the molecule is CC1=C(P(O)O)C=C(C(=O)c2c(C)cccc2C)C(C)(C)C1C(=O)c1c(C)cccc1C.COc1cccc(OC)c1C(=O)P(=O)(CC(C)CC(C)(C)C)C(=O)c1c(OC)cccc1OC. The molecule has 0 amide bonds. The molecule has 0 fully saturated rings. The molecule has 2 atom stereocenters. The molecule has 354 valence electrons. The highest BCUT2D eigenvalue weighted by atomic mass is 31.2. The van der Waals surface area contributed by atoms with Gasteiger partial charge in [0, 0.05) is 33.6 Å². The monoisotopic (exact) mass is 940 g/mol. The predicted molar refractivity (Wildman–Crippen MR) is 263 cm³/mol. The van der Waals surface area contributed by atoms with Gasteiger partial charge in [-0.3, -0.25) is 19.2 Å². The third-order valence-electron chi connectivity index (χ3n) is 12.2. The normalized spacial score (nSPS) is 15.2. The number of hydrogen-bond donors (Lipinski definition) is 2. The van der Waals surface area contributed by atoms with Crippen LogP contribution in [0.25, 0.3) is 0 Å². The maximum atomic E-state index is 14.7. The second kappa shape index (κ2) is 21.6. The third-order valence-corrected chi connectivity index (χ3v) is 16.0. The summed E-state index contributed by atoms with van der Waals surface area (Å²) >= 11 is 0. The standard InChI is InChI=1S/C27H31O4P.C26H35O7P/c1-15-10-8-11-16(2)22(15)25(28)20-14-21(32(30)31)19(5)24(27(20,6)7)26(29)23-17(3)12-9-13-18(23)4;1-17(15-26(2,3)4)16-34(29,24(27)22-18(30-5)11-9-12-19(22)31-6)25(28)23-20(32-7)13-10-14-21(23)33-8/h8-14,24,30-31H,1-7H3;9-14,17H,15-16H2,1-8H3. The smallest absolute Gasteiger partial charge is 0.236 e. The first-order valence-corrected chi connectivity index (χ1v) is 24.9. The number of rotatable bonds is 16. The zero-order chi connectivity index (χ0) is 49.6. The van der Waals surface area contributed by atoms with Gasteiger partial charge in [0.2, 0.25) is 18.2 Å². The van der Waals surface area contributed by atoms with Gasteiger partial charge in [0.1, 0.15) is 34.1 Å². The van der Waals surface area contributed by atoms with Gasteiger partial charge in [-0.05, 0) is 111 Å². The van der Waals surface area contributed by atoms with E-state index >= 15 is 0 Å². The van der Waals surface area contributed by atoms with Crippen LogP contribution in [0.5, 0.6) is 23.0 Å². The molecule has 5 rings (SSSR count). The quantitative estimate of drug-likeness (QED) is 0.0812. The van der Waals surface area contributed by atoms with Gasteiger partial charge < -0.3 is 33.3 Å². The fourth-order valence-electron chi connectivity index (χ4n) is 9.33. The number of aryl methyl sites for hydroxylation is 4. The van der Waals surface area contributed by atoms with Crippen molar-refractivity contribution in [1.82, 2.24) is 0 Å². The minimum atomic E-state index is -4.25. The molecule has 11 nitrogen and oxygen atoms in total. The van der Waals surface area contributed by atoms with Gasteiger partial charge in [-0.2, -0.15) is 0 Å². The molecule has 13 heteroatoms. The van der Waals surface area contributed by atoms with Crippen molar-refractivity contribution in [3.05, 3.63) is 140 Å². The van der Waals surface area contributed by atoms with Crippen LogP contribution in [0.3, 0.4) is 0 Å². The fourth-order valence-corrected chi connectivity index (χ4v) is 12.7. The number of methoxy groups -OCH3 is 4. The molecule has 4 aromatic rings. The number of allylic oxidation sites excluding steroid dienone is 4. The molecule has 0 bridgehead atoms. The lowest BCUT2D eigenvalue weighted by Gasteiger charge is -2.40. The molecular weight excluding hydrogens is 875 g/mol. The van der Waals surface area contributed by atoms with Crippen LogP contribution in [0.4, 0.5) is 0 Å². The van der Waals surface area contributed by atoms with Gasteiger partial charge in [-0.15, -0.1) is 0 Å². The van der Waals surface area contributed by atoms with Crippen LogP contribution in [0.15, 0.2) is 95.3 Å². The van der Waals surface area contributed by atoms with E-state index < -0.39 is 37.9 Å². The van der Waals surface area contributed by atoms with E-state index in [0.717, 1.165) is 22.3 Å². The second-order valence-electron chi connectivity index (χ2n) is 18.8. The van der Waals surface area contributed by atoms with Crippen molar-refractivity contribution in [2.75, 3.05) is 34.6 Å². The highest BCUT2D eigenvalue weighted by molar-refractivity contribution is 7.95. The van der Waals surface area contributed by atoms with Crippen LogP contribution in [-0.4, -0.2) is 67.0 Å². The van der Waals surface area contributed by atoms with Crippen LogP contribution in [0.1, 0.15) is 119 Å². The lowest BCUT2D eigenvalue weighted by Crippen LogP contribution is -2.39. The van der Waals surface area contributed by atoms with E-state index in [0.29, 0.717) is 28.7 Å². The average Bonchev–Trinajstić information content (AvgIpc) is 3.24. The molecule has 4 aromatic carbocycles. The van der Waals surface area contributed by atoms with Gasteiger partial charge in [0.05, 0.1) is 34.4 Å². The summed E-state index contributed by atoms with van der Waals surface area (Å²) in [6.07, 6.45) is 2.16. The Hall–Kier alpha value is -5.18. The summed E-state index contributed by atoms with van der Waals surface area (Å²) in [4.78, 5) is 76.1. The number of ketones is 2. The maximum Gasteiger partial charge on any atom is 0.236 e.